The van der Waals surface area contributed by atoms with Crippen molar-refractivity contribution < 1.29 is 0 Å². The van der Waals surface area contributed by atoms with Gasteiger partial charge < -0.3 is 5.32 Å². The summed E-state index contributed by atoms with van der Waals surface area (Å²) in [5, 5.41) is 3.43. The molecule has 0 radical (unpaired) electrons. The Morgan fingerprint density at radius 1 is 1.33 bits per heavy atom. The summed E-state index contributed by atoms with van der Waals surface area (Å²) in [6.07, 6.45) is 1.08. The Morgan fingerprint density at radius 2 is 2.00 bits per heavy atom. The summed E-state index contributed by atoms with van der Waals surface area (Å²) in [5.74, 6) is 1.40. The van der Waals surface area contributed by atoms with Gasteiger partial charge in [0.15, 0.2) is 0 Å². The molecule has 3 heteroatoms. The lowest BCUT2D eigenvalue weighted by Gasteiger charge is -2.10. The van der Waals surface area contributed by atoms with E-state index in [1.54, 1.807) is 0 Å². The third-order valence-corrected chi connectivity index (χ3v) is 3.08. The number of rotatable bonds is 6. The lowest BCUT2D eigenvalue weighted by Crippen LogP contribution is -2.20. The smallest absolute Gasteiger partial charge is 0.0226 e. The molecule has 1 rings (SSSR count). The van der Waals surface area contributed by atoms with E-state index in [0.29, 0.717) is 5.92 Å². The van der Waals surface area contributed by atoms with Crippen molar-refractivity contribution in [3.05, 3.63) is 34.3 Å². The molecule has 0 fully saturated rings. The molecule has 15 heavy (non-hydrogen) atoms. The van der Waals surface area contributed by atoms with Crippen LogP contribution in [0.1, 0.15) is 18.9 Å². The Labute approximate surface area is 105 Å². The zero-order valence-corrected chi connectivity index (χ0v) is 11.3. The van der Waals surface area contributed by atoms with Gasteiger partial charge in [0.05, 0.1) is 0 Å². The molecule has 1 aromatic rings. The van der Waals surface area contributed by atoms with Gasteiger partial charge >= 0.3 is 0 Å². The topological polar surface area (TPSA) is 12.0 Å². The van der Waals surface area contributed by atoms with Gasteiger partial charge in [0.2, 0.25) is 0 Å². The largest absolute Gasteiger partial charge is 0.312 e. The highest BCUT2D eigenvalue weighted by Gasteiger charge is 2.00. The summed E-state index contributed by atoms with van der Waals surface area (Å²) in [4.78, 5) is 0. The summed E-state index contributed by atoms with van der Waals surface area (Å²) in [6, 6.07) is 8.39. The van der Waals surface area contributed by atoms with E-state index in [4.69, 9.17) is 11.6 Å². The predicted octanol–water partition coefficient (Wildman–Crippen LogP) is 3.80. The maximum absolute atomic E-state index is 5.68. The first kappa shape index (κ1) is 13.0. The van der Waals surface area contributed by atoms with Crippen LogP contribution >= 0.6 is 27.5 Å². The molecule has 1 nitrogen and oxygen atoms in total. The Kier molecular flexibility index (Phi) is 6.30. The summed E-state index contributed by atoms with van der Waals surface area (Å²) in [5.41, 5.74) is 1.32. The number of alkyl halides is 1. The third kappa shape index (κ3) is 5.55. The van der Waals surface area contributed by atoms with Crippen molar-refractivity contribution in [2.75, 3.05) is 12.4 Å². The molecule has 0 aliphatic carbocycles. The lowest BCUT2D eigenvalue weighted by molar-refractivity contribution is 0.502. The van der Waals surface area contributed by atoms with E-state index in [1.165, 1.54) is 5.56 Å². The second-order valence-electron chi connectivity index (χ2n) is 3.84. The van der Waals surface area contributed by atoms with Crippen LogP contribution in [0.4, 0.5) is 0 Å². The van der Waals surface area contributed by atoms with Crippen LogP contribution in [0.15, 0.2) is 28.7 Å². The average molecular weight is 291 g/mol. The van der Waals surface area contributed by atoms with Crippen molar-refractivity contribution in [3.8, 4) is 0 Å². The average Bonchev–Trinajstić information content (AvgIpc) is 2.21. The number of halogens is 2. The van der Waals surface area contributed by atoms with Gasteiger partial charge in [0.1, 0.15) is 0 Å². The van der Waals surface area contributed by atoms with E-state index in [-0.39, 0.29) is 0 Å². The van der Waals surface area contributed by atoms with Crippen LogP contribution in [0.25, 0.3) is 0 Å². The van der Waals surface area contributed by atoms with E-state index in [1.807, 2.05) is 0 Å². The fraction of sp³-hybridized carbons (Fsp3) is 0.500. The highest BCUT2D eigenvalue weighted by molar-refractivity contribution is 9.10. The summed E-state index contributed by atoms with van der Waals surface area (Å²) >= 11 is 9.10. The van der Waals surface area contributed by atoms with Crippen LogP contribution in [-0.4, -0.2) is 12.4 Å². The quantitative estimate of drug-likeness (QED) is 0.786. The minimum absolute atomic E-state index is 0.651. The Morgan fingerprint density at radius 3 is 2.60 bits per heavy atom. The van der Waals surface area contributed by atoms with Gasteiger partial charge in [-0.05, 0) is 36.6 Å². The van der Waals surface area contributed by atoms with Crippen molar-refractivity contribution in [2.45, 2.75) is 19.9 Å². The normalized spacial score (nSPS) is 12.7. The van der Waals surface area contributed by atoms with E-state index in [0.717, 1.165) is 29.9 Å². The highest BCUT2D eigenvalue weighted by Crippen LogP contribution is 2.10. The molecule has 0 bridgehead atoms. The standard InChI is InChI=1S/C12H17BrClN/c1-10(6-7-14)8-15-9-11-2-4-12(13)5-3-11/h2-5,10,15H,6-9H2,1H3. The second-order valence-corrected chi connectivity index (χ2v) is 5.13. The second kappa shape index (κ2) is 7.26. The first-order chi connectivity index (χ1) is 7.22. The number of nitrogens with one attached hydrogen (secondary N) is 1. The molecule has 84 valence electrons. The van der Waals surface area contributed by atoms with Gasteiger partial charge in [-0.1, -0.05) is 35.0 Å². The fourth-order valence-corrected chi connectivity index (χ4v) is 1.99. The monoisotopic (exact) mass is 289 g/mol. The Balaban J connectivity index is 2.22. The maximum Gasteiger partial charge on any atom is 0.0226 e. The Bertz CT molecular complexity index is 273. The van der Waals surface area contributed by atoms with Gasteiger partial charge in [0, 0.05) is 16.9 Å². The van der Waals surface area contributed by atoms with Gasteiger partial charge in [-0.25, -0.2) is 0 Å². The molecule has 0 aliphatic heterocycles. The van der Waals surface area contributed by atoms with E-state index in [9.17, 15) is 0 Å². The van der Waals surface area contributed by atoms with Crippen molar-refractivity contribution in [2.24, 2.45) is 5.92 Å². The van der Waals surface area contributed by atoms with Gasteiger partial charge in [-0.2, -0.15) is 0 Å². The molecule has 0 saturated heterocycles. The SMILES string of the molecule is CC(CCCl)CNCc1ccc(Br)cc1. The zero-order valence-electron chi connectivity index (χ0n) is 8.97. The molecule has 0 saturated carbocycles. The van der Waals surface area contributed by atoms with Crippen LogP contribution in [-0.2, 0) is 6.54 Å². The molecule has 1 unspecified atom stereocenters. The minimum Gasteiger partial charge on any atom is -0.312 e. The molecule has 0 heterocycles. The van der Waals surface area contributed by atoms with Crippen LogP contribution < -0.4 is 5.32 Å². The van der Waals surface area contributed by atoms with Gasteiger partial charge in [0.25, 0.3) is 0 Å². The van der Waals surface area contributed by atoms with E-state index >= 15 is 0 Å². The maximum atomic E-state index is 5.68. The Hall–Kier alpha value is -0.0500. The molecular weight excluding hydrogens is 273 g/mol. The fourth-order valence-electron chi connectivity index (χ4n) is 1.35. The number of hydrogen-bond donors (Lipinski definition) is 1. The van der Waals surface area contributed by atoms with Crippen molar-refractivity contribution >= 4 is 27.5 Å². The number of benzene rings is 1. The van der Waals surface area contributed by atoms with E-state index in [2.05, 4.69) is 52.4 Å². The summed E-state index contributed by atoms with van der Waals surface area (Å²) in [6.45, 7) is 4.18. The van der Waals surface area contributed by atoms with Crippen LogP contribution in [0.2, 0.25) is 0 Å². The number of hydrogen-bond acceptors (Lipinski definition) is 1. The van der Waals surface area contributed by atoms with E-state index < -0.39 is 0 Å². The molecule has 1 N–H and O–H groups in total. The molecule has 0 aromatic heterocycles. The molecule has 0 amide bonds. The lowest BCUT2D eigenvalue weighted by atomic mass is 10.1. The predicted molar refractivity (Wildman–Crippen MR) is 70.3 cm³/mol. The van der Waals surface area contributed by atoms with Crippen LogP contribution in [0, 0.1) is 5.92 Å². The van der Waals surface area contributed by atoms with Crippen molar-refractivity contribution in [1.29, 1.82) is 0 Å². The summed E-state index contributed by atoms with van der Waals surface area (Å²) < 4.78 is 1.13. The zero-order chi connectivity index (χ0) is 11.1. The minimum atomic E-state index is 0.651. The van der Waals surface area contributed by atoms with Crippen LogP contribution in [0.3, 0.4) is 0 Å². The molecular formula is C12H17BrClN. The molecule has 0 spiro atoms. The molecule has 1 aromatic carbocycles. The van der Waals surface area contributed by atoms with Crippen molar-refractivity contribution in [3.63, 3.8) is 0 Å². The first-order valence-electron chi connectivity index (χ1n) is 5.23. The summed E-state index contributed by atoms with van der Waals surface area (Å²) in [7, 11) is 0. The molecule has 0 aliphatic rings. The first-order valence-corrected chi connectivity index (χ1v) is 6.56. The van der Waals surface area contributed by atoms with Crippen molar-refractivity contribution in [1.82, 2.24) is 5.32 Å². The highest BCUT2D eigenvalue weighted by atomic mass is 79.9. The van der Waals surface area contributed by atoms with Gasteiger partial charge in [-0.15, -0.1) is 11.6 Å². The molecule has 1 atom stereocenters. The third-order valence-electron chi connectivity index (χ3n) is 2.34. The van der Waals surface area contributed by atoms with Gasteiger partial charge in [-0.3, -0.25) is 0 Å². The van der Waals surface area contributed by atoms with Crippen LogP contribution in [0.5, 0.6) is 0 Å².